The van der Waals surface area contributed by atoms with Crippen molar-refractivity contribution >= 4 is 11.8 Å². The molecule has 0 saturated carbocycles. The molecule has 0 aromatic rings. The van der Waals surface area contributed by atoms with Crippen LogP contribution in [0.2, 0.25) is 0 Å². The van der Waals surface area contributed by atoms with E-state index < -0.39 is 0 Å². The van der Waals surface area contributed by atoms with Gasteiger partial charge in [0.05, 0.1) is 0 Å². The summed E-state index contributed by atoms with van der Waals surface area (Å²) in [5, 5.41) is 4.52. The molecule has 78 valence electrons. The summed E-state index contributed by atoms with van der Waals surface area (Å²) in [6.45, 7) is 10.4. The molecule has 1 fully saturated rings. The molecular weight excluding hydrogens is 178 g/mol. The molecule has 13 heavy (non-hydrogen) atoms. The van der Waals surface area contributed by atoms with E-state index in [4.69, 9.17) is 0 Å². The minimum Gasteiger partial charge on any atom is -0.313 e. The highest BCUT2D eigenvalue weighted by atomic mass is 32.2. The maximum atomic E-state index is 3.65. The topological polar surface area (TPSA) is 12.0 Å². The third kappa shape index (κ3) is 4.92. The fraction of sp³-hybridized carbons (Fsp3) is 1.00. The van der Waals surface area contributed by atoms with Gasteiger partial charge in [-0.1, -0.05) is 27.7 Å². The van der Waals surface area contributed by atoms with Gasteiger partial charge in [-0.2, -0.15) is 11.8 Å². The van der Waals surface area contributed by atoms with E-state index in [9.17, 15) is 0 Å². The van der Waals surface area contributed by atoms with Gasteiger partial charge in [0.2, 0.25) is 0 Å². The van der Waals surface area contributed by atoms with Crippen LogP contribution in [0.1, 0.15) is 40.5 Å². The van der Waals surface area contributed by atoms with Gasteiger partial charge in [-0.05, 0) is 24.8 Å². The normalized spacial score (nSPS) is 29.5. The van der Waals surface area contributed by atoms with Crippen LogP contribution in [-0.4, -0.2) is 23.6 Å². The summed E-state index contributed by atoms with van der Waals surface area (Å²) in [6, 6.07) is 0.780. The van der Waals surface area contributed by atoms with Crippen molar-refractivity contribution in [2.75, 3.05) is 12.3 Å². The fourth-order valence-corrected chi connectivity index (χ4v) is 2.79. The third-order valence-electron chi connectivity index (χ3n) is 2.51. The molecule has 1 rings (SSSR count). The van der Waals surface area contributed by atoms with Crippen LogP contribution in [0.4, 0.5) is 0 Å². The molecule has 0 radical (unpaired) electrons. The highest BCUT2D eigenvalue weighted by Gasteiger charge is 2.21. The lowest BCUT2D eigenvalue weighted by Crippen LogP contribution is -2.31. The number of hydrogen-bond donors (Lipinski definition) is 1. The Kier molecular flexibility index (Phi) is 4.11. The molecule has 0 aliphatic carbocycles. The first-order chi connectivity index (χ1) is 5.97. The average Bonchev–Trinajstić information content (AvgIpc) is 2.33. The molecule has 1 nitrogen and oxygen atoms in total. The van der Waals surface area contributed by atoms with Crippen LogP contribution in [0.3, 0.4) is 0 Å². The minimum absolute atomic E-state index is 0.477. The Morgan fingerprint density at radius 2 is 2.08 bits per heavy atom. The largest absolute Gasteiger partial charge is 0.313 e. The standard InChI is InChI=1S/C11H23NS/c1-9-7-10(8-13-9)12-6-5-11(2,3)4/h9-10,12H,5-8H2,1-4H3. The van der Waals surface area contributed by atoms with Crippen molar-refractivity contribution in [3.8, 4) is 0 Å². The molecule has 0 bridgehead atoms. The lowest BCUT2D eigenvalue weighted by Gasteiger charge is -2.20. The van der Waals surface area contributed by atoms with E-state index in [1.54, 1.807) is 0 Å². The first-order valence-corrected chi connectivity index (χ1v) is 6.37. The van der Waals surface area contributed by atoms with Crippen molar-refractivity contribution in [2.45, 2.75) is 51.8 Å². The molecule has 1 heterocycles. The van der Waals surface area contributed by atoms with Gasteiger partial charge in [-0.15, -0.1) is 0 Å². The van der Waals surface area contributed by atoms with Gasteiger partial charge in [0, 0.05) is 17.0 Å². The minimum atomic E-state index is 0.477. The van der Waals surface area contributed by atoms with Crippen LogP contribution in [0.5, 0.6) is 0 Å². The van der Waals surface area contributed by atoms with Crippen LogP contribution in [0, 0.1) is 5.41 Å². The van der Waals surface area contributed by atoms with Crippen molar-refractivity contribution in [1.82, 2.24) is 5.32 Å². The quantitative estimate of drug-likeness (QED) is 0.753. The first-order valence-electron chi connectivity index (χ1n) is 5.32. The van der Waals surface area contributed by atoms with E-state index in [2.05, 4.69) is 44.8 Å². The van der Waals surface area contributed by atoms with Gasteiger partial charge >= 0.3 is 0 Å². The molecule has 1 aliphatic rings. The summed E-state index contributed by atoms with van der Waals surface area (Å²) >= 11 is 2.10. The van der Waals surface area contributed by atoms with Crippen LogP contribution < -0.4 is 5.32 Å². The van der Waals surface area contributed by atoms with Gasteiger partial charge in [0.15, 0.2) is 0 Å². The summed E-state index contributed by atoms with van der Waals surface area (Å²) in [4.78, 5) is 0. The Labute approximate surface area is 87.1 Å². The van der Waals surface area contributed by atoms with Gasteiger partial charge in [-0.25, -0.2) is 0 Å². The van der Waals surface area contributed by atoms with Crippen molar-refractivity contribution in [3.05, 3.63) is 0 Å². The van der Waals surface area contributed by atoms with Gasteiger partial charge in [-0.3, -0.25) is 0 Å². The predicted octanol–water partition coefficient (Wildman–Crippen LogP) is 2.91. The van der Waals surface area contributed by atoms with E-state index in [0.29, 0.717) is 5.41 Å². The molecule has 2 heteroatoms. The number of thioether (sulfide) groups is 1. The first kappa shape index (κ1) is 11.4. The Balaban J connectivity index is 2.07. The molecule has 0 amide bonds. The molecular formula is C11H23NS. The summed E-state index contributed by atoms with van der Waals surface area (Å²) in [7, 11) is 0. The highest BCUT2D eigenvalue weighted by Crippen LogP contribution is 2.26. The zero-order chi connectivity index (χ0) is 9.90. The Bertz CT molecular complexity index is 151. The van der Waals surface area contributed by atoms with Crippen LogP contribution in [-0.2, 0) is 0 Å². The maximum absolute atomic E-state index is 3.65. The fourth-order valence-electron chi connectivity index (χ4n) is 1.61. The number of rotatable bonds is 3. The monoisotopic (exact) mass is 201 g/mol. The number of hydrogen-bond acceptors (Lipinski definition) is 2. The summed E-state index contributed by atoms with van der Waals surface area (Å²) < 4.78 is 0. The Morgan fingerprint density at radius 1 is 1.38 bits per heavy atom. The Morgan fingerprint density at radius 3 is 2.54 bits per heavy atom. The third-order valence-corrected chi connectivity index (χ3v) is 3.86. The van der Waals surface area contributed by atoms with E-state index in [0.717, 1.165) is 11.3 Å². The van der Waals surface area contributed by atoms with Crippen molar-refractivity contribution in [1.29, 1.82) is 0 Å². The van der Waals surface area contributed by atoms with E-state index in [1.807, 2.05) is 0 Å². The van der Waals surface area contributed by atoms with Crippen LogP contribution >= 0.6 is 11.8 Å². The van der Waals surface area contributed by atoms with Crippen LogP contribution in [0.25, 0.3) is 0 Å². The number of nitrogens with one attached hydrogen (secondary N) is 1. The second-order valence-electron chi connectivity index (χ2n) is 5.34. The molecule has 1 N–H and O–H groups in total. The van der Waals surface area contributed by atoms with Crippen LogP contribution in [0.15, 0.2) is 0 Å². The molecule has 0 spiro atoms. The highest BCUT2D eigenvalue weighted by molar-refractivity contribution is 8.00. The van der Waals surface area contributed by atoms with E-state index >= 15 is 0 Å². The molecule has 2 unspecified atom stereocenters. The SMILES string of the molecule is CC1CC(NCCC(C)(C)C)CS1. The van der Waals surface area contributed by atoms with Gasteiger partial charge in [0.1, 0.15) is 0 Å². The summed E-state index contributed by atoms with van der Waals surface area (Å²) in [5.41, 5.74) is 0.477. The molecule has 0 aromatic heterocycles. The summed E-state index contributed by atoms with van der Waals surface area (Å²) in [5.74, 6) is 1.31. The van der Waals surface area contributed by atoms with Crippen molar-refractivity contribution < 1.29 is 0 Å². The second-order valence-corrected chi connectivity index (χ2v) is 6.81. The predicted molar refractivity (Wildman–Crippen MR) is 62.4 cm³/mol. The molecule has 1 aliphatic heterocycles. The van der Waals surface area contributed by atoms with Gasteiger partial charge < -0.3 is 5.32 Å². The Hall–Kier alpha value is 0.310. The average molecular weight is 201 g/mol. The lowest BCUT2D eigenvalue weighted by atomic mass is 9.92. The maximum Gasteiger partial charge on any atom is 0.0168 e. The van der Waals surface area contributed by atoms with E-state index in [1.165, 1.54) is 25.1 Å². The smallest absolute Gasteiger partial charge is 0.0168 e. The zero-order valence-corrected chi connectivity index (χ0v) is 10.2. The second kappa shape index (κ2) is 4.70. The van der Waals surface area contributed by atoms with Crippen molar-refractivity contribution in [3.63, 3.8) is 0 Å². The zero-order valence-electron chi connectivity index (χ0n) is 9.39. The lowest BCUT2D eigenvalue weighted by molar-refractivity contribution is 0.356. The summed E-state index contributed by atoms with van der Waals surface area (Å²) in [6.07, 6.45) is 2.64. The van der Waals surface area contributed by atoms with Gasteiger partial charge in [0.25, 0.3) is 0 Å². The van der Waals surface area contributed by atoms with Crippen molar-refractivity contribution in [2.24, 2.45) is 5.41 Å². The van der Waals surface area contributed by atoms with E-state index in [-0.39, 0.29) is 0 Å². The molecule has 1 saturated heterocycles. The molecule has 2 atom stereocenters. The molecule has 0 aromatic carbocycles.